The molecule has 0 fully saturated rings. The van der Waals surface area contributed by atoms with Crippen molar-refractivity contribution in [3.63, 3.8) is 0 Å². The summed E-state index contributed by atoms with van der Waals surface area (Å²) in [5.74, 6) is 0.429. The molecule has 1 aromatic heterocycles. The highest BCUT2D eigenvalue weighted by molar-refractivity contribution is 5.60. The lowest BCUT2D eigenvalue weighted by Crippen LogP contribution is -2.01. The zero-order valence-electron chi connectivity index (χ0n) is 8.68. The number of anilines is 1. The Labute approximate surface area is 96.0 Å². The summed E-state index contributed by atoms with van der Waals surface area (Å²) in [6.07, 6.45) is 0. The van der Waals surface area contributed by atoms with Crippen molar-refractivity contribution in [3.8, 4) is 17.0 Å². The molecular formula is C11H9F2N3O. The third-order valence-electron chi connectivity index (χ3n) is 2.06. The van der Waals surface area contributed by atoms with E-state index < -0.39 is 6.61 Å². The molecule has 0 atom stereocenters. The van der Waals surface area contributed by atoms with Gasteiger partial charge in [-0.15, -0.1) is 10.2 Å². The van der Waals surface area contributed by atoms with Crippen molar-refractivity contribution in [1.82, 2.24) is 10.2 Å². The normalized spacial score (nSPS) is 10.5. The van der Waals surface area contributed by atoms with Crippen LogP contribution in [0, 0.1) is 0 Å². The molecule has 6 heteroatoms. The van der Waals surface area contributed by atoms with Crippen LogP contribution in [-0.4, -0.2) is 16.8 Å². The van der Waals surface area contributed by atoms with Gasteiger partial charge in [-0.1, -0.05) is 0 Å². The number of nitrogen functional groups attached to an aromatic ring is 1. The SMILES string of the molecule is Nc1ccc(-c2ccc(OC(F)F)cc2)nn1. The lowest BCUT2D eigenvalue weighted by Gasteiger charge is -2.05. The van der Waals surface area contributed by atoms with E-state index in [1.807, 2.05) is 0 Å². The molecule has 0 radical (unpaired) electrons. The molecule has 0 saturated carbocycles. The van der Waals surface area contributed by atoms with Gasteiger partial charge < -0.3 is 10.5 Å². The largest absolute Gasteiger partial charge is 0.435 e. The maximum absolute atomic E-state index is 11.9. The van der Waals surface area contributed by atoms with Crippen molar-refractivity contribution in [2.75, 3.05) is 5.73 Å². The van der Waals surface area contributed by atoms with Crippen LogP contribution in [0.25, 0.3) is 11.3 Å². The van der Waals surface area contributed by atoms with Gasteiger partial charge in [-0.2, -0.15) is 8.78 Å². The van der Waals surface area contributed by atoms with Gasteiger partial charge in [-0.25, -0.2) is 0 Å². The van der Waals surface area contributed by atoms with E-state index in [0.717, 1.165) is 5.56 Å². The average molecular weight is 237 g/mol. The molecular weight excluding hydrogens is 228 g/mol. The highest BCUT2D eigenvalue weighted by Gasteiger charge is 2.05. The van der Waals surface area contributed by atoms with Crippen molar-refractivity contribution in [2.24, 2.45) is 0 Å². The molecule has 0 aliphatic heterocycles. The summed E-state index contributed by atoms with van der Waals surface area (Å²) in [5, 5.41) is 7.58. The lowest BCUT2D eigenvalue weighted by atomic mass is 10.1. The summed E-state index contributed by atoms with van der Waals surface area (Å²) in [6.45, 7) is -2.82. The summed E-state index contributed by atoms with van der Waals surface area (Å²) in [6, 6.07) is 9.45. The van der Waals surface area contributed by atoms with Crippen molar-refractivity contribution >= 4 is 5.82 Å². The molecule has 0 unspecified atom stereocenters. The zero-order valence-corrected chi connectivity index (χ0v) is 8.68. The van der Waals surface area contributed by atoms with E-state index in [0.29, 0.717) is 11.5 Å². The molecule has 17 heavy (non-hydrogen) atoms. The quantitative estimate of drug-likeness (QED) is 0.889. The van der Waals surface area contributed by atoms with Crippen LogP contribution in [0.1, 0.15) is 0 Å². The first-order valence-corrected chi connectivity index (χ1v) is 4.79. The Balaban J connectivity index is 2.20. The molecule has 2 N–H and O–H groups in total. The second-order valence-electron chi connectivity index (χ2n) is 3.25. The van der Waals surface area contributed by atoms with Gasteiger partial charge in [0.25, 0.3) is 0 Å². The number of aromatic nitrogens is 2. The van der Waals surface area contributed by atoms with Crippen LogP contribution in [0.2, 0.25) is 0 Å². The van der Waals surface area contributed by atoms with Crippen LogP contribution in [-0.2, 0) is 0 Å². The van der Waals surface area contributed by atoms with Gasteiger partial charge in [0, 0.05) is 5.56 Å². The molecule has 1 aromatic carbocycles. The second-order valence-corrected chi connectivity index (χ2v) is 3.25. The third-order valence-corrected chi connectivity index (χ3v) is 2.06. The van der Waals surface area contributed by atoms with E-state index in [9.17, 15) is 8.78 Å². The van der Waals surface area contributed by atoms with Gasteiger partial charge in [0.05, 0.1) is 5.69 Å². The fourth-order valence-corrected chi connectivity index (χ4v) is 1.30. The van der Waals surface area contributed by atoms with Gasteiger partial charge in [0.1, 0.15) is 11.6 Å². The number of benzene rings is 1. The van der Waals surface area contributed by atoms with Crippen LogP contribution in [0.3, 0.4) is 0 Å². The standard InChI is InChI=1S/C11H9F2N3O/c12-11(13)17-8-3-1-7(2-4-8)9-5-6-10(14)16-15-9/h1-6,11H,(H2,14,16). The number of nitrogens with two attached hydrogens (primary N) is 1. The second kappa shape index (κ2) is 4.73. The molecule has 0 aliphatic rings. The van der Waals surface area contributed by atoms with Gasteiger partial charge in [-0.05, 0) is 36.4 Å². The summed E-state index contributed by atoms with van der Waals surface area (Å²) in [7, 11) is 0. The van der Waals surface area contributed by atoms with Crippen molar-refractivity contribution in [2.45, 2.75) is 6.61 Å². The molecule has 2 rings (SSSR count). The third kappa shape index (κ3) is 2.87. The molecule has 88 valence electrons. The highest BCUT2D eigenvalue weighted by Crippen LogP contribution is 2.21. The molecule has 0 aliphatic carbocycles. The predicted octanol–water partition coefficient (Wildman–Crippen LogP) is 2.33. The van der Waals surface area contributed by atoms with Gasteiger partial charge in [0.2, 0.25) is 0 Å². The number of rotatable bonds is 3. The molecule has 4 nitrogen and oxygen atoms in total. The summed E-state index contributed by atoms with van der Waals surface area (Å²) < 4.78 is 28.1. The van der Waals surface area contributed by atoms with Crippen molar-refractivity contribution < 1.29 is 13.5 Å². The van der Waals surface area contributed by atoms with Crippen LogP contribution in [0.15, 0.2) is 36.4 Å². The van der Waals surface area contributed by atoms with E-state index >= 15 is 0 Å². The lowest BCUT2D eigenvalue weighted by molar-refractivity contribution is -0.0498. The average Bonchev–Trinajstić information content (AvgIpc) is 2.30. The Bertz CT molecular complexity index is 485. The Hall–Kier alpha value is -2.24. The van der Waals surface area contributed by atoms with Crippen LogP contribution < -0.4 is 10.5 Å². The summed E-state index contributed by atoms with van der Waals surface area (Å²) in [5.41, 5.74) is 6.77. The van der Waals surface area contributed by atoms with Gasteiger partial charge in [-0.3, -0.25) is 0 Å². The molecule has 0 saturated heterocycles. The fraction of sp³-hybridized carbons (Fsp3) is 0.0909. The molecule has 1 heterocycles. The zero-order chi connectivity index (χ0) is 12.3. The maximum atomic E-state index is 11.9. The predicted molar refractivity (Wildman–Crippen MR) is 58.5 cm³/mol. The monoisotopic (exact) mass is 237 g/mol. The fourth-order valence-electron chi connectivity index (χ4n) is 1.30. The van der Waals surface area contributed by atoms with Crippen LogP contribution >= 0.6 is 0 Å². The highest BCUT2D eigenvalue weighted by atomic mass is 19.3. The van der Waals surface area contributed by atoms with Gasteiger partial charge in [0.15, 0.2) is 0 Å². The van der Waals surface area contributed by atoms with Crippen molar-refractivity contribution in [1.29, 1.82) is 0 Å². The molecule has 0 amide bonds. The number of alkyl halides is 2. The minimum absolute atomic E-state index is 0.104. The van der Waals surface area contributed by atoms with Crippen LogP contribution in [0.4, 0.5) is 14.6 Å². The van der Waals surface area contributed by atoms with Crippen LogP contribution in [0.5, 0.6) is 5.75 Å². The Kier molecular flexibility index (Phi) is 3.13. The molecule has 0 spiro atoms. The summed E-state index contributed by atoms with van der Waals surface area (Å²) >= 11 is 0. The van der Waals surface area contributed by atoms with E-state index in [1.165, 1.54) is 12.1 Å². The topological polar surface area (TPSA) is 61.0 Å². The Morgan fingerprint density at radius 1 is 1.00 bits per heavy atom. The number of hydrogen-bond donors (Lipinski definition) is 1. The van der Waals surface area contributed by atoms with E-state index in [-0.39, 0.29) is 5.75 Å². The Morgan fingerprint density at radius 3 is 2.24 bits per heavy atom. The number of halogens is 2. The smallest absolute Gasteiger partial charge is 0.387 e. The number of nitrogens with zero attached hydrogens (tertiary/aromatic N) is 2. The van der Waals surface area contributed by atoms with E-state index in [1.54, 1.807) is 24.3 Å². The minimum Gasteiger partial charge on any atom is -0.435 e. The van der Waals surface area contributed by atoms with Gasteiger partial charge >= 0.3 is 6.61 Å². The number of ether oxygens (including phenoxy) is 1. The van der Waals surface area contributed by atoms with E-state index in [2.05, 4.69) is 14.9 Å². The maximum Gasteiger partial charge on any atom is 0.387 e. The Morgan fingerprint density at radius 2 is 1.71 bits per heavy atom. The van der Waals surface area contributed by atoms with Crippen molar-refractivity contribution in [3.05, 3.63) is 36.4 Å². The summed E-state index contributed by atoms with van der Waals surface area (Å²) in [4.78, 5) is 0. The minimum atomic E-state index is -2.82. The van der Waals surface area contributed by atoms with E-state index in [4.69, 9.17) is 5.73 Å². The first kappa shape index (κ1) is 11.3. The first-order valence-electron chi connectivity index (χ1n) is 4.79. The molecule has 0 bridgehead atoms. The number of hydrogen-bond acceptors (Lipinski definition) is 4. The molecule has 2 aromatic rings. The first-order chi connectivity index (χ1) is 8.15.